The average Bonchev–Trinajstić information content (AvgIpc) is 3.16. The van der Waals surface area contributed by atoms with Crippen molar-refractivity contribution in [1.82, 2.24) is 4.90 Å². The molecule has 0 spiro atoms. The molecule has 0 bridgehead atoms. The molecule has 0 N–H and O–H groups in total. The summed E-state index contributed by atoms with van der Waals surface area (Å²) in [5, 5.41) is 0. The number of likely N-dealkylation sites (N-methyl/N-ethyl adjacent to an activating group) is 1. The number of amides is 1. The summed E-state index contributed by atoms with van der Waals surface area (Å²) in [5.41, 5.74) is 2.89. The van der Waals surface area contributed by atoms with Gasteiger partial charge in [-0.15, -0.1) is 0 Å². The van der Waals surface area contributed by atoms with Crippen LogP contribution in [0.2, 0.25) is 0 Å². The molecule has 1 heterocycles. The van der Waals surface area contributed by atoms with E-state index in [1.165, 1.54) is 16.0 Å². The standard InChI is InChI=1S/C17H21NO5S/c1-18(15-7-8-24(21,22)11-15)16(19)10-23-17(20)14-6-5-12-3-2-4-13(12)9-14/h5-6,9,15H,2-4,7-8,10-11H2,1H3/t15-/m1/s1. The number of benzene rings is 1. The zero-order chi connectivity index (χ0) is 17.3. The van der Waals surface area contributed by atoms with Crippen LogP contribution in [0, 0.1) is 0 Å². The lowest BCUT2D eigenvalue weighted by Gasteiger charge is -2.23. The number of fused-ring (bicyclic) bond motifs is 1. The summed E-state index contributed by atoms with van der Waals surface area (Å²) >= 11 is 0. The first kappa shape index (κ1) is 17.0. The molecule has 3 rings (SSSR count). The highest BCUT2D eigenvalue weighted by molar-refractivity contribution is 7.91. The Bertz CT molecular complexity index is 771. The van der Waals surface area contributed by atoms with Gasteiger partial charge in [-0.1, -0.05) is 6.07 Å². The topological polar surface area (TPSA) is 80.8 Å². The molecule has 0 unspecified atom stereocenters. The molecule has 1 aliphatic carbocycles. The number of sulfone groups is 1. The van der Waals surface area contributed by atoms with Crippen LogP contribution < -0.4 is 0 Å². The lowest BCUT2D eigenvalue weighted by molar-refractivity contribution is -0.134. The first-order chi connectivity index (χ1) is 11.4. The largest absolute Gasteiger partial charge is 0.452 e. The summed E-state index contributed by atoms with van der Waals surface area (Å²) in [6, 6.07) is 5.17. The Balaban J connectivity index is 1.55. The maximum Gasteiger partial charge on any atom is 0.338 e. The third kappa shape index (κ3) is 3.61. The van der Waals surface area contributed by atoms with Crippen LogP contribution in [0.5, 0.6) is 0 Å². The highest BCUT2D eigenvalue weighted by Gasteiger charge is 2.33. The van der Waals surface area contributed by atoms with Gasteiger partial charge in [0, 0.05) is 13.1 Å². The van der Waals surface area contributed by atoms with Crippen molar-refractivity contribution in [1.29, 1.82) is 0 Å². The Morgan fingerprint density at radius 1 is 1.25 bits per heavy atom. The van der Waals surface area contributed by atoms with Gasteiger partial charge in [-0.25, -0.2) is 13.2 Å². The van der Waals surface area contributed by atoms with E-state index in [-0.39, 0.29) is 30.1 Å². The third-order valence-electron chi connectivity index (χ3n) is 4.81. The van der Waals surface area contributed by atoms with Crippen molar-refractivity contribution in [3.63, 3.8) is 0 Å². The zero-order valence-electron chi connectivity index (χ0n) is 13.7. The zero-order valence-corrected chi connectivity index (χ0v) is 14.5. The van der Waals surface area contributed by atoms with E-state index in [1.807, 2.05) is 12.1 Å². The van der Waals surface area contributed by atoms with Crippen molar-refractivity contribution >= 4 is 21.7 Å². The molecule has 1 aromatic rings. The number of aryl methyl sites for hydroxylation is 2. The van der Waals surface area contributed by atoms with E-state index in [0.29, 0.717) is 12.0 Å². The summed E-state index contributed by atoms with van der Waals surface area (Å²) in [6.45, 7) is -0.372. The van der Waals surface area contributed by atoms with Crippen LogP contribution >= 0.6 is 0 Å². The number of carbonyl (C=O) groups is 2. The summed E-state index contributed by atoms with van der Waals surface area (Å²) in [4.78, 5) is 25.6. The quantitative estimate of drug-likeness (QED) is 0.756. The van der Waals surface area contributed by atoms with Gasteiger partial charge < -0.3 is 9.64 Å². The second-order valence-corrected chi connectivity index (χ2v) is 8.70. The fraction of sp³-hybridized carbons (Fsp3) is 0.529. The Hall–Kier alpha value is -1.89. The van der Waals surface area contributed by atoms with Gasteiger partial charge in [0.15, 0.2) is 16.4 Å². The Morgan fingerprint density at radius 3 is 2.71 bits per heavy atom. The van der Waals surface area contributed by atoms with Crippen molar-refractivity contribution in [3.8, 4) is 0 Å². The van der Waals surface area contributed by atoms with Gasteiger partial charge in [0.2, 0.25) is 0 Å². The number of nitrogens with zero attached hydrogens (tertiary/aromatic N) is 1. The van der Waals surface area contributed by atoms with Gasteiger partial charge in [-0.3, -0.25) is 4.79 Å². The minimum Gasteiger partial charge on any atom is -0.452 e. The molecule has 6 nitrogen and oxygen atoms in total. The highest BCUT2D eigenvalue weighted by atomic mass is 32.2. The molecule has 0 radical (unpaired) electrons. The first-order valence-electron chi connectivity index (χ1n) is 8.11. The second-order valence-electron chi connectivity index (χ2n) is 6.47. The molecule has 7 heteroatoms. The number of ether oxygens (including phenoxy) is 1. The Morgan fingerprint density at radius 2 is 2.00 bits per heavy atom. The smallest absolute Gasteiger partial charge is 0.338 e. The number of carbonyl (C=O) groups excluding carboxylic acids is 2. The lowest BCUT2D eigenvalue weighted by Crippen LogP contribution is -2.40. The lowest BCUT2D eigenvalue weighted by atomic mass is 10.1. The molecule has 2 aliphatic rings. The summed E-state index contributed by atoms with van der Waals surface area (Å²) in [5.74, 6) is -0.824. The van der Waals surface area contributed by atoms with Crippen molar-refractivity contribution in [2.75, 3.05) is 25.2 Å². The minimum atomic E-state index is -3.06. The summed E-state index contributed by atoms with van der Waals surface area (Å²) < 4.78 is 28.1. The molecule has 1 fully saturated rings. The summed E-state index contributed by atoms with van der Waals surface area (Å²) in [6.07, 6.45) is 3.54. The van der Waals surface area contributed by atoms with Crippen LogP contribution in [0.3, 0.4) is 0 Å². The molecule has 1 aromatic carbocycles. The summed E-state index contributed by atoms with van der Waals surface area (Å²) in [7, 11) is -1.50. The van der Waals surface area contributed by atoms with Gasteiger partial charge in [0.1, 0.15) is 0 Å². The van der Waals surface area contributed by atoms with Crippen molar-refractivity contribution in [2.24, 2.45) is 0 Å². The molecular weight excluding hydrogens is 330 g/mol. The average molecular weight is 351 g/mol. The first-order valence-corrected chi connectivity index (χ1v) is 9.93. The van der Waals surface area contributed by atoms with Crippen molar-refractivity contribution in [2.45, 2.75) is 31.7 Å². The molecule has 1 amide bonds. The predicted molar refractivity (Wildman–Crippen MR) is 88.6 cm³/mol. The van der Waals surface area contributed by atoms with Crippen LogP contribution in [-0.4, -0.2) is 56.4 Å². The monoisotopic (exact) mass is 351 g/mol. The van der Waals surface area contributed by atoms with E-state index in [4.69, 9.17) is 4.74 Å². The second kappa shape index (κ2) is 6.55. The molecule has 1 atom stereocenters. The van der Waals surface area contributed by atoms with Crippen LogP contribution in [0.25, 0.3) is 0 Å². The van der Waals surface area contributed by atoms with E-state index < -0.39 is 15.8 Å². The van der Waals surface area contributed by atoms with Gasteiger partial charge in [0.05, 0.1) is 17.1 Å². The SMILES string of the molecule is CN(C(=O)COC(=O)c1ccc2c(c1)CCC2)[C@@H]1CCS(=O)(=O)C1. The van der Waals surface area contributed by atoms with E-state index in [2.05, 4.69) is 0 Å². The Labute approximate surface area is 141 Å². The molecule has 24 heavy (non-hydrogen) atoms. The number of hydrogen-bond donors (Lipinski definition) is 0. The van der Waals surface area contributed by atoms with Gasteiger partial charge >= 0.3 is 5.97 Å². The molecule has 0 saturated carbocycles. The normalized spacial score (nSPS) is 21.3. The van der Waals surface area contributed by atoms with E-state index in [0.717, 1.165) is 19.3 Å². The molecule has 1 aliphatic heterocycles. The molecule has 130 valence electrons. The van der Waals surface area contributed by atoms with Crippen LogP contribution in [0.4, 0.5) is 0 Å². The van der Waals surface area contributed by atoms with Gasteiger partial charge in [0.25, 0.3) is 5.91 Å². The van der Waals surface area contributed by atoms with Gasteiger partial charge in [-0.2, -0.15) is 0 Å². The fourth-order valence-corrected chi connectivity index (χ4v) is 5.07. The number of esters is 1. The van der Waals surface area contributed by atoms with Crippen molar-refractivity contribution in [3.05, 3.63) is 34.9 Å². The van der Waals surface area contributed by atoms with E-state index in [1.54, 1.807) is 13.1 Å². The van der Waals surface area contributed by atoms with E-state index >= 15 is 0 Å². The van der Waals surface area contributed by atoms with Crippen LogP contribution in [-0.2, 0) is 32.2 Å². The Kier molecular flexibility index (Phi) is 4.62. The number of hydrogen-bond acceptors (Lipinski definition) is 5. The predicted octanol–water partition coefficient (Wildman–Crippen LogP) is 0.978. The van der Waals surface area contributed by atoms with Gasteiger partial charge in [-0.05, 0) is 48.9 Å². The molecule has 0 aromatic heterocycles. The fourth-order valence-electron chi connectivity index (χ4n) is 3.30. The van der Waals surface area contributed by atoms with Crippen LogP contribution in [0.1, 0.15) is 34.3 Å². The molecular formula is C17H21NO5S. The van der Waals surface area contributed by atoms with Crippen LogP contribution in [0.15, 0.2) is 18.2 Å². The highest BCUT2D eigenvalue weighted by Crippen LogP contribution is 2.23. The maximum absolute atomic E-state index is 12.1. The minimum absolute atomic E-state index is 0.0198. The van der Waals surface area contributed by atoms with E-state index in [9.17, 15) is 18.0 Å². The van der Waals surface area contributed by atoms with Crippen molar-refractivity contribution < 1.29 is 22.7 Å². The molecule has 1 saturated heterocycles. The maximum atomic E-state index is 12.1. The number of rotatable bonds is 4. The third-order valence-corrected chi connectivity index (χ3v) is 6.56.